The highest BCUT2D eigenvalue weighted by Gasteiger charge is 2.29. The van der Waals surface area contributed by atoms with Gasteiger partial charge in [0.25, 0.3) is 5.91 Å². The third-order valence-corrected chi connectivity index (χ3v) is 3.52. The lowest BCUT2D eigenvalue weighted by Gasteiger charge is -2.10. The van der Waals surface area contributed by atoms with Crippen LogP contribution in [-0.2, 0) is 6.18 Å². The maximum atomic E-state index is 12.5. The van der Waals surface area contributed by atoms with E-state index in [-0.39, 0.29) is 24.6 Å². The van der Waals surface area contributed by atoms with E-state index in [9.17, 15) is 18.0 Å². The molecule has 1 amide bonds. The van der Waals surface area contributed by atoms with Crippen molar-refractivity contribution in [3.05, 3.63) is 66.0 Å². The predicted octanol–water partition coefficient (Wildman–Crippen LogP) is 3.46. The van der Waals surface area contributed by atoms with Gasteiger partial charge in [-0.15, -0.1) is 0 Å². The van der Waals surface area contributed by atoms with Crippen molar-refractivity contribution in [2.24, 2.45) is 0 Å². The van der Waals surface area contributed by atoms with E-state index in [0.29, 0.717) is 11.0 Å². The summed E-state index contributed by atoms with van der Waals surface area (Å²) in [5.41, 5.74) is 0.738. The Morgan fingerprint density at radius 1 is 1.04 bits per heavy atom. The van der Waals surface area contributed by atoms with E-state index < -0.39 is 17.6 Å². The average molecular weight is 361 g/mol. The number of amides is 1. The Labute approximate surface area is 146 Å². The number of nitrogens with zero attached hydrogens (tertiary/aromatic N) is 2. The van der Waals surface area contributed by atoms with E-state index >= 15 is 0 Å². The Kier molecular flexibility index (Phi) is 5.01. The van der Waals surface area contributed by atoms with Crippen molar-refractivity contribution in [1.29, 1.82) is 0 Å². The molecule has 0 saturated heterocycles. The number of para-hydroxylation sites is 2. The van der Waals surface area contributed by atoms with E-state index in [1.165, 1.54) is 18.3 Å². The topological polar surface area (TPSA) is 64.1 Å². The number of carbonyl (C=O) groups excluding carboxylic acids is 1. The van der Waals surface area contributed by atoms with Crippen molar-refractivity contribution < 1.29 is 22.7 Å². The van der Waals surface area contributed by atoms with Gasteiger partial charge in [0.15, 0.2) is 0 Å². The highest BCUT2D eigenvalue weighted by Crippen LogP contribution is 2.30. The van der Waals surface area contributed by atoms with Gasteiger partial charge in [-0.3, -0.25) is 9.78 Å². The average Bonchev–Trinajstić information content (AvgIpc) is 2.64. The number of alkyl halides is 3. The van der Waals surface area contributed by atoms with Crippen molar-refractivity contribution in [2.75, 3.05) is 13.2 Å². The lowest BCUT2D eigenvalue weighted by Crippen LogP contribution is -2.28. The molecule has 5 nitrogen and oxygen atoms in total. The van der Waals surface area contributed by atoms with Crippen LogP contribution < -0.4 is 10.1 Å². The van der Waals surface area contributed by atoms with Crippen LogP contribution in [-0.4, -0.2) is 29.0 Å². The molecule has 26 heavy (non-hydrogen) atoms. The van der Waals surface area contributed by atoms with E-state index in [1.54, 1.807) is 18.2 Å². The van der Waals surface area contributed by atoms with Gasteiger partial charge in [0.05, 0.1) is 29.3 Å². The van der Waals surface area contributed by atoms with Crippen molar-refractivity contribution in [1.82, 2.24) is 15.3 Å². The number of aromatic nitrogens is 2. The Bertz CT molecular complexity index is 911. The van der Waals surface area contributed by atoms with Crippen LogP contribution in [0, 0.1) is 0 Å². The molecule has 8 heteroatoms. The van der Waals surface area contributed by atoms with Crippen LogP contribution in [0.1, 0.15) is 16.1 Å². The van der Waals surface area contributed by atoms with Crippen LogP contribution in [0.5, 0.6) is 5.75 Å². The molecule has 0 fully saturated rings. The summed E-state index contributed by atoms with van der Waals surface area (Å²) in [6, 6.07) is 11.5. The van der Waals surface area contributed by atoms with Gasteiger partial charge in [0, 0.05) is 0 Å². The summed E-state index contributed by atoms with van der Waals surface area (Å²) in [5.74, 6) is -0.114. The molecule has 2 aromatic carbocycles. The summed E-state index contributed by atoms with van der Waals surface area (Å²) in [6.07, 6.45) is -3.00. The SMILES string of the molecule is O=C(NCCOc1ccc(C(F)(F)F)cc1)c1cnc2ccccc2n1. The first-order valence-corrected chi connectivity index (χ1v) is 7.73. The predicted molar refractivity (Wildman–Crippen MR) is 88.8 cm³/mol. The molecular formula is C18H14F3N3O2. The summed E-state index contributed by atoms with van der Waals surface area (Å²) in [5, 5.41) is 2.62. The van der Waals surface area contributed by atoms with Gasteiger partial charge in [0.1, 0.15) is 18.1 Å². The fourth-order valence-electron chi connectivity index (χ4n) is 2.23. The Morgan fingerprint density at radius 2 is 1.73 bits per heavy atom. The normalized spacial score (nSPS) is 11.3. The second-order valence-electron chi connectivity index (χ2n) is 5.37. The van der Waals surface area contributed by atoms with Crippen LogP contribution >= 0.6 is 0 Å². The van der Waals surface area contributed by atoms with E-state index in [4.69, 9.17) is 4.74 Å². The minimum Gasteiger partial charge on any atom is -0.492 e. The smallest absolute Gasteiger partial charge is 0.416 e. The Hall–Kier alpha value is -3.16. The molecule has 3 aromatic rings. The van der Waals surface area contributed by atoms with Crippen LogP contribution in [0.15, 0.2) is 54.7 Å². The largest absolute Gasteiger partial charge is 0.492 e. The van der Waals surface area contributed by atoms with Gasteiger partial charge in [-0.05, 0) is 36.4 Å². The third-order valence-electron chi connectivity index (χ3n) is 3.52. The molecule has 0 unspecified atom stereocenters. The minimum absolute atomic E-state index is 0.109. The molecule has 1 aromatic heterocycles. The highest BCUT2D eigenvalue weighted by molar-refractivity contribution is 5.93. The number of benzene rings is 2. The minimum atomic E-state index is -4.38. The summed E-state index contributed by atoms with van der Waals surface area (Å²) in [7, 11) is 0. The second-order valence-corrected chi connectivity index (χ2v) is 5.37. The lowest BCUT2D eigenvalue weighted by atomic mass is 10.2. The molecule has 0 saturated carbocycles. The first kappa shape index (κ1) is 17.7. The quantitative estimate of drug-likeness (QED) is 0.707. The molecule has 0 spiro atoms. The second kappa shape index (κ2) is 7.38. The zero-order chi connectivity index (χ0) is 18.6. The standard InChI is InChI=1S/C18H14F3N3O2/c19-18(20,21)12-5-7-13(8-6-12)26-10-9-22-17(25)16-11-23-14-3-1-2-4-15(14)24-16/h1-8,11H,9-10H2,(H,22,25). The number of nitrogens with one attached hydrogen (secondary N) is 1. The first-order valence-electron chi connectivity index (χ1n) is 7.73. The molecule has 1 heterocycles. The number of halogens is 3. The Balaban J connectivity index is 1.50. The molecule has 0 bridgehead atoms. The number of carbonyl (C=O) groups is 1. The van der Waals surface area contributed by atoms with E-state index in [0.717, 1.165) is 12.1 Å². The number of fused-ring (bicyclic) bond motifs is 1. The summed E-state index contributed by atoms with van der Waals surface area (Å²) >= 11 is 0. The van der Waals surface area contributed by atoms with Crippen molar-refractivity contribution in [3.63, 3.8) is 0 Å². The number of rotatable bonds is 5. The molecule has 0 aliphatic carbocycles. The zero-order valence-corrected chi connectivity index (χ0v) is 13.5. The van der Waals surface area contributed by atoms with Gasteiger partial charge < -0.3 is 10.1 Å². The first-order chi connectivity index (χ1) is 12.4. The van der Waals surface area contributed by atoms with Gasteiger partial charge in [-0.25, -0.2) is 4.98 Å². The van der Waals surface area contributed by atoms with Crippen LogP contribution in [0.25, 0.3) is 11.0 Å². The van der Waals surface area contributed by atoms with Gasteiger partial charge in [0.2, 0.25) is 0 Å². The van der Waals surface area contributed by atoms with Crippen molar-refractivity contribution >= 4 is 16.9 Å². The molecule has 3 rings (SSSR count). The fraction of sp³-hybridized carbons (Fsp3) is 0.167. The van der Waals surface area contributed by atoms with Crippen LogP contribution in [0.2, 0.25) is 0 Å². The lowest BCUT2D eigenvalue weighted by molar-refractivity contribution is -0.137. The number of ether oxygens (including phenoxy) is 1. The summed E-state index contributed by atoms with van der Waals surface area (Å²) in [4.78, 5) is 20.4. The van der Waals surface area contributed by atoms with E-state index in [1.807, 2.05) is 6.07 Å². The van der Waals surface area contributed by atoms with Gasteiger partial charge in [-0.2, -0.15) is 13.2 Å². The van der Waals surface area contributed by atoms with Crippen LogP contribution in [0.3, 0.4) is 0 Å². The van der Waals surface area contributed by atoms with Gasteiger partial charge >= 0.3 is 6.18 Å². The molecule has 0 aliphatic heterocycles. The highest BCUT2D eigenvalue weighted by atomic mass is 19.4. The molecule has 134 valence electrons. The molecule has 0 radical (unpaired) electrons. The monoisotopic (exact) mass is 361 g/mol. The zero-order valence-electron chi connectivity index (χ0n) is 13.5. The summed E-state index contributed by atoms with van der Waals surface area (Å²) in [6.45, 7) is 0.284. The van der Waals surface area contributed by atoms with Crippen molar-refractivity contribution in [2.45, 2.75) is 6.18 Å². The fourth-order valence-corrected chi connectivity index (χ4v) is 2.23. The molecular weight excluding hydrogens is 347 g/mol. The number of hydrogen-bond acceptors (Lipinski definition) is 4. The summed E-state index contributed by atoms with van der Waals surface area (Å²) < 4.78 is 42.7. The van der Waals surface area contributed by atoms with Crippen molar-refractivity contribution in [3.8, 4) is 5.75 Å². The van der Waals surface area contributed by atoms with E-state index in [2.05, 4.69) is 15.3 Å². The maximum Gasteiger partial charge on any atom is 0.416 e. The third kappa shape index (κ3) is 4.27. The van der Waals surface area contributed by atoms with Gasteiger partial charge in [-0.1, -0.05) is 12.1 Å². The van der Waals surface area contributed by atoms with Crippen LogP contribution in [0.4, 0.5) is 13.2 Å². The molecule has 0 aliphatic rings. The number of hydrogen-bond donors (Lipinski definition) is 1. The Morgan fingerprint density at radius 3 is 2.42 bits per heavy atom. The molecule has 0 atom stereocenters. The molecule has 1 N–H and O–H groups in total. The maximum absolute atomic E-state index is 12.5.